The molecule has 0 aromatic carbocycles. The van der Waals surface area contributed by atoms with E-state index in [4.69, 9.17) is 9.52 Å². The first-order valence-electron chi connectivity index (χ1n) is 7.35. The zero-order valence-corrected chi connectivity index (χ0v) is 14.0. The summed E-state index contributed by atoms with van der Waals surface area (Å²) in [4.78, 5) is 0.166. The van der Waals surface area contributed by atoms with Crippen molar-refractivity contribution in [1.29, 1.82) is 0 Å². The van der Waals surface area contributed by atoms with Gasteiger partial charge in [0.1, 0.15) is 23.0 Å². The Morgan fingerprint density at radius 2 is 1.95 bits per heavy atom. The molecule has 2 rings (SSSR count). The first-order chi connectivity index (χ1) is 9.67. The van der Waals surface area contributed by atoms with Crippen LogP contribution in [0.15, 0.2) is 15.4 Å². The van der Waals surface area contributed by atoms with Gasteiger partial charge in [-0.3, -0.25) is 0 Å². The van der Waals surface area contributed by atoms with Crippen LogP contribution in [0.1, 0.15) is 51.1 Å². The monoisotopic (exact) mass is 315 g/mol. The minimum atomic E-state index is -3.57. The van der Waals surface area contributed by atoms with Crippen LogP contribution in [0, 0.1) is 12.3 Å². The normalized spacial score (nSPS) is 20.1. The largest absolute Gasteiger partial charge is 0.462 e. The van der Waals surface area contributed by atoms with Crippen LogP contribution in [0.2, 0.25) is 0 Å². The van der Waals surface area contributed by atoms with Gasteiger partial charge in [-0.05, 0) is 38.0 Å². The maximum Gasteiger partial charge on any atom is 0.246 e. The summed E-state index contributed by atoms with van der Waals surface area (Å²) in [6.45, 7) is 5.78. The van der Waals surface area contributed by atoms with Gasteiger partial charge < -0.3 is 9.52 Å². The average Bonchev–Trinajstić information content (AvgIpc) is 2.80. The maximum atomic E-state index is 12.7. The number of sulfonamides is 1. The van der Waals surface area contributed by atoms with Crippen molar-refractivity contribution in [3.05, 3.63) is 17.6 Å². The second-order valence-corrected chi connectivity index (χ2v) is 8.67. The molecule has 120 valence electrons. The van der Waals surface area contributed by atoms with E-state index in [1.165, 1.54) is 10.4 Å². The highest BCUT2D eigenvalue weighted by Gasteiger charge is 2.35. The lowest BCUT2D eigenvalue weighted by Gasteiger charge is -2.37. The topological polar surface area (TPSA) is 70.8 Å². The Kier molecular flexibility index (Phi) is 4.52. The van der Waals surface area contributed by atoms with Crippen LogP contribution in [-0.2, 0) is 16.6 Å². The van der Waals surface area contributed by atoms with Crippen LogP contribution in [0.5, 0.6) is 0 Å². The van der Waals surface area contributed by atoms with Gasteiger partial charge >= 0.3 is 0 Å². The van der Waals surface area contributed by atoms with E-state index >= 15 is 0 Å². The van der Waals surface area contributed by atoms with Crippen molar-refractivity contribution in [3.8, 4) is 0 Å². The fraction of sp³-hybridized carbons (Fsp3) is 0.733. The second kappa shape index (κ2) is 5.74. The minimum absolute atomic E-state index is 0.0369. The third-order valence-electron chi connectivity index (χ3n) is 4.56. The van der Waals surface area contributed by atoms with E-state index in [-0.39, 0.29) is 23.3 Å². The highest BCUT2D eigenvalue weighted by Crippen LogP contribution is 2.38. The summed E-state index contributed by atoms with van der Waals surface area (Å²) in [7, 11) is -1.93. The Balaban J connectivity index is 2.21. The fourth-order valence-corrected chi connectivity index (χ4v) is 4.56. The molecule has 5 nitrogen and oxygen atoms in total. The molecule has 1 heterocycles. The lowest BCUT2D eigenvalue weighted by molar-refractivity contribution is 0.174. The van der Waals surface area contributed by atoms with Gasteiger partial charge in [-0.25, -0.2) is 8.42 Å². The molecule has 1 saturated carbocycles. The molecule has 0 radical (unpaired) electrons. The van der Waals surface area contributed by atoms with E-state index in [1.54, 1.807) is 14.0 Å². The predicted molar refractivity (Wildman–Crippen MR) is 80.4 cm³/mol. The molecule has 0 unspecified atom stereocenters. The molecule has 1 aromatic heterocycles. The minimum Gasteiger partial charge on any atom is -0.462 e. The smallest absolute Gasteiger partial charge is 0.246 e. The van der Waals surface area contributed by atoms with E-state index in [2.05, 4.69) is 13.8 Å². The lowest BCUT2D eigenvalue weighted by Crippen LogP contribution is -2.40. The van der Waals surface area contributed by atoms with Crippen molar-refractivity contribution < 1.29 is 17.9 Å². The standard InChI is InChI=1S/C15H25NO4S/c1-11-14(9-13(10-17)20-11)21(18,19)16(4)12-5-7-15(2,3)8-6-12/h9,12,17H,5-8,10H2,1-4H3. The third-order valence-corrected chi connectivity index (χ3v) is 6.58. The molecule has 1 aliphatic rings. The summed E-state index contributed by atoms with van der Waals surface area (Å²) in [6.07, 6.45) is 3.83. The number of aliphatic hydroxyl groups is 1. The summed E-state index contributed by atoms with van der Waals surface area (Å²) in [5.41, 5.74) is 0.302. The molecule has 0 spiro atoms. The van der Waals surface area contributed by atoms with Crippen molar-refractivity contribution in [2.45, 2.75) is 64.0 Å². The Morgan fingerprint density at radius 1 is 1.38 bits per heavy atom. The quantitative estimate of drug-likeness (QED) is 0.927. The average molecular weight is 315 g/mol. The molecule has 1 N–H and O–H groups in total. The molecular weight excluding hydrogens is 290 g/mol. The van der Waals surface area contributed by atoms with Crippen LogP contribution in [-0.4, -0.2) is 30.9 Å². The molecule has 0 bridgehead atoms. The summed E-state index contributed by atoms with van der Waals surface area (Å²) in [5, 5.41) is 9.08. The van der Waals surface area contributed by atoms with Gasteiger partial charge in [0.05, 0.1) is 0 Å². The highest BCUT2D eigenvalue weighted by molar-refractivity contribution is 7.89. The molecule has 0 saturated heterocycles. The van der Waals surface area contributed by atoms with Crippen LogP contribution < -0.4 is 0 Å². The van der Waals surface area contributed by atoms with E-state index in [0.717, 1.165) is 25.7 Å². The van der Waals surface area contributed by atoms with Crippen LogP contribution in [0.3, 0.4) is 0 Å². The number of aliphatic hydroxyl groups excluding tert-OH is 1. The van der Waals surface area contributed by atoms with Crippen molar-refractivity contribution in [2.75, 3.05) is 7.05 Å². The van der Waals surface area contributed by atoms with Gasteiger partial charge in [0.25, 0.3) is 0 Å². The number of nitrogens with zero attached hydrogens (tertiary/aromatic N) is 1. The van der Waals surface area contributed by atoms with Crippen molar-refractivity contribution in [3.63, 3.8) is 0 Å². The van der Waals surface area contributed by atoms with E-state index in [1.807, 2.05) is 0 Å². The first-order valence-corrected chi connectivity index (χ1v) is 8.79. The molecule has 0 aliphatic heterocycles. The molecule has 21 heavy (non-hydrogen) atoms. The summed E-state index contributed by atoms with van der Waals surface area (Å²) in [5.74, 6) is 0.617. The summed E-state index contributed by atoms with van der Waals surface area (Å²) >= 11 is 0. The zero-order chi connectivity index (χ0) is 15.8. The van der Waals surface area contributed by atoms with E-state index < -0.39 is 10.0 Å². The van der Waals surface area contributed by atoms with Crippen molar-refractivity contribution >= 4 is 10.0 Å². The second-order valence-electron chi connectivity index (χ2n) is 6.71. The molecule has 1 fully saturated rings. The zero-order valence-electron chi connectivity index (χ0n) is 13.2. The van der Waals surface area contributed by atoms with Gasteiger partial charge in [0.15, 0.2) is 0 Å². The van der Waals surface area contributed by atoms with Crippen molar-refractivity contribution in [2.24, 2.45) is 5.41 Å². The van der Waals surface area contributed by atoms with E-state index in [0.29, 0.717) is 11.2 Å². The van der Waals surface area contributed by atoms with Gasteiger partial charge in [0, 0.05) is 19.2 Å². The highest BCUT2D eigenvalue weighted by atomic mass is 32.2. The van der Waals surface area contributed by atoms with Gasteiger partial charge in [-0.1, -0.05) is 13.8 Å². The molecule has 6 heteroatoms. The number of rotatable bonds is 4. The predicted octanol–water partition coefficient (Wildman–Crippen LogP) is 2.67. The Morgan fingerprint density at radius 3 is 2.43 bits per heavy atom. The number of hydrogen-bond donors (Lipinski definition) is 1. The Bertz CT molecular complexity index is 593. The first kappa shape index (κ1) is 16.5. The van der Waals surface area contributed by atoms with Crippen molar-refractivity contribution in [1.82, 2.24) is 4.31 Å². The summed E-state index contributed by atoms with van der Waals surface area (Å²) < 4.78 is 32.2. The lowest BCUT2D eigenvalue weighted by atomic mass is 9.76. The number of hydrogen-bond acceptors (Lipinski definition) is 4. The number of aryl methyl sites for hydroxylation is 1. The van der Waals surface area contributed by atoms with Gasteiger partial charge in [-0.15, -0.1) is 0 Å². The molecular formula is C15H25NO4S. The van der Waals surface area contributed by atoms with Crippen LogP contribution in [0.4, 0.5) is 0 Å². The van der Waals surface area contributed by atoms with E-state index in [9.17, 15) is 8.42 Å². The van der Waals surface area contributed by atoms with Gasteiger partial charge in [-0.2, -0.15) is 4.31 Å². The Labute approximate surface area is 127 Å². The SMILES string of the molecule is Cc1oc(CO)cc1S(=O)(=O)N(C)C1CCC(C)(C)CC1. The molecule has 1 aliphatic carbocycles. The van der Waals surface area contributed by atoms with Crippen LogP contribution >= 0.6 is 0 Å². The fourth-order valence-electron chi connectivity index (χ4n) is 2.96. The maximum absolute atomic E-state index is 12.7. The molecule has 0 amide bonds. The summed E-state index contributed by atoms with van der Waals surface area (Å²) in [6, 6.07) is 1.46. The third kappa shape index (κ3) is 3.33. The molecule has 0 atom stereocenters. The number of furan rings is 1. The van der Waals surface area contributed by atoms with Crippen LogP contribution in [0.25, 0.3) is 0 Å². The molecule has 1 aromatic rings. The van der Waals surface area contributed by atoms with Gasteiger partial charge in [0.2, 0.25) is 10.0 Å². The Hall–Kier alpha value is -0.850.